The molecule has 0 spiro atoms. The molecular weight excluding hydrogens is 890 g/mol. The number of carbonyl (C=O) groups excluding carboxylic acids is 3. The maximum Gasteiger partial charge on any atom is 0.294 e. The summed E-state index contributed by atoms with van der Waals surface area (Å²) in [6, 6.07) is 22.5. The summed E-state index contributed by atoms with van der Waals surface area (Å²) in [5.41, 5.74) is 3.51. The molecule has 67 heavy (non-hydrogen) atoms. The van der Waals surface area contributed by atoms with Gasteiger partial charge in [-0.05, 0) is 90.4 Å². The number of phenols is 1. The first kappa shape index (κ1) is 52.7. The number of unbranched alkanes of at least 4 members (excludes halogenated alkanes) is 7. The van der Waals surface area contributed by atoms with Crippen molar-refractivity contribution in [1.82, 2.24) is 10.6 Å². The number of aliphatic hydroxyl groups excluding tert-OH is 6. The number of carbonyl (C=O) groups is 3. The lowest BCUT2D eigenvalue weighted by Gasteiger charge is -2.48. The third-order valence-corrected chi connectivity index (χ3v) is 13.0. The standard InChI is InChI=1S/C49H62FN3O13S/c50-35-18-13-33(14-19-35)40(55)26-25-39-46(38-24-17-34(27-41(38)56)32-15-22-37(23-16-32)67(64,65)66)53(49(39)63)36-20-11-31(12-21-36)28-51-44(59)9-7-5-3-1-2-4-6-8-10-45(60)52-29-42(57)47(61)48(62)43(58)30-54/h11-24,27,39-40,42-43,46-48,54-58,61-62H,1-10,25-26,28-30H2,(H,51,59)(H,52,60)(H,64,65,66)/t39?,40-,42-,43+,46+,47+,48+/m0/s1. The first-order chi connectivity index (χ1) is 32.0. The summed E-state index contributed by atoms with van der Waals surface area (Å²) in [6.07, 6.45) is 0.522. The Morgan fingerprint density at radius 3 is 1.82 bits per heavy atom. The van der Waals surface area contributed by atoms with Gasteiger partial charge in [0.1, 0.15) is 29.9 Å². The number of phenolic OH excluding ortho intramolecular Hbond substituents is 1. The number of anilines is 1. The molecule has 1 fully saturated rings. The molecule has 5 rings (SSSR count). The van der Waals surface area contributed by atoms with Crippen molar-refractivity contribution in [3.8, 4) is 16.9 Å². The minimum absolute atomic E-state index is 0.0831. The highest BCUT2D eigenvalue weighted by atomic mass is 32.2. The molecule has 1 unspecified atom stereocenters. The molecule has 0 aromatic heterocycles. The van der Waals surface area contributed by atoms with E-state index in [1.54, 1.807) is 29.2 Å². The van der Waals surface area contributed by atoms with Crippen LogP contribution < -0.4 is 15.5 Å². The zero-order valence-corrected chi connectivity index (χ0v) is 38.0. The van der Waals surface area contributed by atoms with Crippen molar-refractivity contribution in [3.63, 3.8) is 0 Å². The van der Waals surface area contributed by atoms with E-state index in [1.165, 1.54) is 54.6 Å². The van der Waals surface area contributed by atoms with E-state index < -0.39 is 65.0 Å². The summed E-state index contributed by atoms with van der Waals surface area (Å²) < 4.78 is 45.9. The molecule has 16 nitrogen and oxygen atoms in total. The van der Waals surface area contributed by atoms with Gasteiger partial charge in [-0.1, -0.05) is 87.1 Å². The van der Waals surface area contributed by atoms with Crippen molar-refractivity contribution in [2.45, 2.75) is 125 Å². The van der Waals surface area contributed by atoms with Crippen LogP contribution in [0.25, 0.3) is 11.1 Å². The number of hydrogen-bond acceptors (Lipinski definition) is 12. The van der Waals surface area contributed by atoms with E-state index in [0.717, 1.165) is 50.5 Å². The van der Waals surface area contributed by atoms with E-state index in [9.17, 15) is 62.4 Å². The normalized spacial score (nSPS) is 17.3. The van der Waals surface area contributed by atoms with Crippen LogP contribution in [-0.2, 0) is 31.0 Å². The Balaban J connectivity index is 1.05. The van der Waals surface area contributed by atoms with Gasteiger partial charge in [0.05, 0.1) is 35.7 Å². The minimum atomic E-state index is -4.39. The fourth-order valence-electron chi connectivity index (χ4n) is 8.14. The lowest BCUT2D eigenvalue weighted by atomic mass is 9.77. The molecule has 0 radical (unpaired) electrons. The summed E-state index contributed by atoms with van der Waals surface area (Å²) in [5.74, 6) is -1.75. The number of amides is 3. The molecule has 1 heterocycles. The second-order valence-corrected chi connectivity index (χ2v) is 18.5. The SMILES string of the molecule is O=C(CCCCCCCCCCC(=O)NC[C@H](O)[C@@H](O)[C@H](O)[C@H](O)CO)NCc1ccc(N2C(=O)C(CC[C@H](O)c3ccc(F)cc3)[C@H]2c2ccc(-c3ccc(S(=O)(=O)O)cc3)cc2O)cc1. The second-order valence-electron chi connectivity index (χ2n) is 17.1. The number of aliphatic hydroxyl groups is 6. The van der Waals surface area contributed by atoms with Crippen LogP contribution in [0.2, 0.25) is 0 Å². The summed E-state index contributed by atoms with van der Waals surface area (Å²) in [7, 11) is -4.39. The summed E-state index contributed by atoms with van der Waals surface area (Å²) in [5, 5.41) is 75.3. The Morgan fingerprint density at radius 1 is 0.701 bits per heavy atom. The number of β-lactam (4-membered cyclic amide) rings is 1. The van der Waals surface area contributed by atoms with E-state index in [0.29, 0.717) is 40.8 Å². The molecule has 1 saturated heterocycles. The predicted molar refractivity (Wildman–Crippen MR) is 246 cm³/mol. The fourth-order valence-corrected chi connectivity index (χ4v) is 8.62. The highest BCUT2D eigenvalue weighted by molar-refractivity contribution is 7.85. The summed E-state index contributed by atoms with van der Waals surface area (Å²) in [4.78, 5) is 39.8. The predicted octanol–water partition coefficient (Wildman–Crippen LogP) is 4.73. The molecule has 1 aliphatic heterocycles. The highest BCUT2D eigenvalue weighted by Gasteiger charge is 2.49. The molecule has 4 aromatic rings. The van der Waals surface area contributed by atoms with Gasteiger partial charge in [0.2, 0.25) is 17.7 Å². The van der Waals surface area contributed by atoms with Gasteiger partial charge < -0.3 is 51.3 Å². The Kier molecular flexibility index (Phi) is 19.8. The number of rotatable bonds is 27. The molecule has 364 valence electrons. The molecule has 10 N–H and O–H groups in total. The first-order valence-electron chi connectivity index (χ1n) is 22.6. The van der Waals surface area contributed by atoms with Crippen molar-refractivity contribution in [3.05, 3.63) is 114 Å². The quantitative estimate of drug-likeness (QED) is 0.0220. The smallest absolute Gasteiger partial charge is 0.294 e. The van der Waals surface area contributed by atoms with E-state index in [2.05, 4.69) is 10.6 Å². The molecule has 0 aliphatic carbocycles. The van der Waals surface area contributed by atoms with Crippen LogP contribution in [0.5, 0.6) is 5.75 Å². The zero-order chi connectivity index (χ0) is 48.7. The summed E-state index contributed by atoms with van der Waals surface area (Å²) in [6.45, 7) is -0.805. The van der Waals surface area contributed by atoms with Crippen molar-refractivity contribution in [1.29, 1.82) is 0 Å². The Labute approximate surface area is 389 Å². The third kappa shape index (κ3) is 15.1. The van der Waals surface area contributed by atoms with Gasteiger partial charge in [-0.15, -0.1) is 0 Å². The van der Waals surface area contributed by atoms with Gasteiger partial charge in [0.25, 0.3) is 10.1 Å². The third-order valence-electron chi connectivity index (χ3n) is 12.2. The number of nitrogens with zero attached hydrogens (tertiary/aromatic N) is 1. The van der Waals surface area contributed by atoms with Gasteiger partial charge in [-0.25, -0.2) is 4.39 Å². The monoisotopic (exact) mass is 951 g/mol. The number of benzene rings is 4. The minimum Gasteiger partial charge on any atom is -0.508 e. The number of halogens is 1. The van der Waals surface area contributed by atoms with Gasteiger partial charge in [-0.2, -0.15) is 8.42 Å². The molecule has 7 atom stereocenters. The van der Waals surface area contributed by atoms with Crippen LogP contribution in [0, 0.1) is 11.7 Å². The Bertz CT molecular complexity index is 2340. The van der Waals surface area contributed by atoms with Crippen molar-refractivity contribution in [2.75, 3.05) is 18.1 Å². The Hall–Kier alpha value is -5.31. The number of nitrogens with one attached hydrogen (secondary N) is 2. The van der Waals surface area contributed by atoms with Crippen LogP contribution in [0.4, 0.5) is 10.1 Å². The Morgan fingerprint density at radius 2 is 1.25 bits per heavy atom. The van der Waals surface area contributed by atoms with Gasteiger partial charge in [-0.3, -0.25) is 18.9 Å². The number of aromatic hydroxyl groups is 1. The van der Waals surface area contributed by atoms with E-state index >= 15 is 0 Å². The van der Waals surface area contributed by atoms with Crippen LogP contribution in [0.15, 0.2) is 95.9 Å². The highest BCUT2D eigenvalue weighted by Crippen LogP contribution is 2.49. The average molecular weight is 952 g/mol. The lowest BCUT2D eigenvalue weighted by Crippen LogP contribution is -2.55. The summed E-state index contributed by atoms with van der Waals surface area (Å²) >= 11 is 0. The molecule has 0 bridgehead atoms. The largest absolute Gasteiger partial charge is 0.508 e. The van der Waals surface area contributed by atoms with Gasteiger partial charge >= 0.3 is 0 Å². The zero-order valence-electron chi connectivity index (χ0n) is 37.2. The molecule has 4 aromatic carbocycles. The first-order valence-corrected chi connectivity index (χ1v) is 24.0. The average Bonchev–Trinajstić information content (AvgIpc) is 3.32. The van der Waals surface area contributed by atoms with Crippen LogP contribution in [0.1, 0.15) is 106 Å². The van der Waals surface area contributed by atoms with Gasteiger partial charge in [0.15, 0.2) is 0 Å². The van der Waals surface area contributed by atoms with E-state index in [1.807, 2.05) is 12.1 Å². The number of hydrogen-bond donors (Lipinski definition) is 10. The topological polar surface area (TPSA) is 274 Å². The molecular formula is C49H62FN3O13S. The second kappa shape index (κ2) is 25.2. The van der Waals surface area contributed by atoms with Crippen molar-refractivity contribution < 1.29 is 67.5 Å². The molecule has 0 saturated carbocycles. The van der Waals surface area contributed by atoms with Crippen LogP contribution >= 0.6 is 0 Å². The van der Waals surface area contributed by atoms with Crippen molar-refractivity contribution in [2.24, 2.45) is 5.92 Å². The fraction of sp³-hybridized carbons (Fsp3) is 0.449. The molecule has 18 heteroatoms. The maximum absolute atomic E-state index is 13.8. The van der Waals surface area contributed by atoms with Gasteiger partial charge in [0, 0.05) is 37.2 Å². The maximum atomic E-state index is 13.8. The molecule has 1 aliphatic rings. The lowest BCUT2D eigenvalue weighted by molar-refractivity contribution is -0.131. The van der Waals surface area contributed by atoms with E-state index in [-0.39, 0.29) is 60.7 Å². The molecule has 3 amide bonds. The van der Waals surface area contributed by atoms with Crippen LogP contribution in [0.3, 0.4) is 0 Å². The van der Waals surface area contributed by atoms with Crippen molar-refractivity contribution >= 4 is 33.5 Å². The van der Waals surface area contributed by atoms with Crippen LogP contribution in [-0.4, -0.2) is 104 Å². The van der Waals surface area contributed by atoms with E-state index in [4.69, 9.17) is 5.11 Å².